The van der Waals surface area contributed by atoms with Crippen LogP contribution < -0.4 is 0 Å². The maximum absolute atomic E-state index is 12.7. The number of allylic oxidation sites excluding steroid dienone is 6. The van der Waals surface area contributed by atoms with Gasteiger partial charge in [0.2, 0.25) is 0 Å². The van der Waals surface area contributed by atoms with Crippen molar-refractivity contribution in [3.63, 3.8) is 0 Å². The number of rotatable bonds is 47. The van der Waals surface area contributed by atoms with Crippen molar-refractivity contribution in [2.24, 2.45) is 0 Å². The van der Waals surface area contributed by atoms with E-state index >= 15 is 0 Å². The zero-order valence-corrected chi connectivity index (χ0v) is 40.0. The minimum Gasteiger partial charge on any atom is -0.462 e. The highest BCUT2D eigenvalue weighted by atomic mass is 16.6. The van der Waals surface area contributed by atoms with E-state index in [0.29, 0.717) is 19.3 Å². The number of esters is 3. The van der Waals surface area contributed by atoms with Crippen molar-refractivity contribution in [2.45, 2.75) is 277 Å². The molecule has 0 spiro atoms. The molecule has 0 heterocycles. The van der Waals surface area contributed by atoms with Gasteiger partial charge in [0.15, 0.2) is 6.10 Å². The number of unbranched alkanes of at least 4 members (excludes halogenated alkanes) is 30. The van der Waals surface area contributed by atoms with Gasteiger partial charge in [-0.2, -0.15) is 0 Å². The van der Waals surface area contributed by atoms with Gasteiger partial charge in [-0.05, 0) is 51.4 Å². The van der Waals surface area contributed by atoms with E-state index in [1.165, 1.54) is 135 Å². The van der Waals surface area contributed by atoms with E-state index < -0.39 is 6.10 Å². The van der Waals surface area contributed by atoms with Crippen molar-refractivity contribution in [1.82, 2.24) is 0 Å². The smallest absolute Gasteiger partial charge is 0.306 e. The lowest BCUT2D eigenvalue weighted by atomic mass is 10.0. The Morgan fingerprint density at radius 2 is 0.650 bits per heavy atom. The van der Waals surface area contributed by atoms with Crippen molar-refractivity contribution < 1.29 is 28.6 Å². The van der Waals surface area contributed by atoms with Crippen LogP contribution in [-0.2, 0) is 28.6 Å². The van der Waals surface area contributed by atoms with Crippen LogP contribution in [0.25, 0.3) is 0 Å². The van der Waals surface area contributed by atoms with Gasteiger partial charge < -0.3 is 14.2 Å². The van der Waals surface area contributed by atoms with E-state index in [-0.39, 0.29) is 31.1 Å². The number of ether oxygens (including phenoxy) is 3. The summed E-state index contributed by atoms with van der Waals surface area (Å²) < 4.78 is 16.7. The third kappa shape index (κ3) is 46.7. The molecule has 1 unspecified atom stereocenters. The van der Waals surface area contributed by atoms with E-state index in [9.17, 15) is 14.4 Å². The molecule has 350 valence electrons. The van der Waals surface area contributed by atoms with Crippen LogP contribution in [0, 0.1) is 0 Å². The fraction of sp³-hybridized carbons (Fsp3) is 0.833. The molecule has 0 fully saturated rings. The summed E-state index contributed by atoms with van der Waals surface area (Å²) in [6.45, 7) is 6.48. The molecule has 0 aromatic heterocycles. The number of hydrogen-bond donors (Lipinski definition) is 0. The van der Waals surface area contributed by atoms with Crippen molar-refractivity contribution >= 4 is 17.9 Å². The summed E-state index contributed by atoms with van der Waals surface area (Å²) in [5, 5.41) is 0. The molecule has 0 aliphatic carbocycles. The summed E-state index contributed by atoms with van der Waals surface area (Å²) in [4.78, 5) is 37.7. The zero-order chi connectivity index (χ0) is 43.7. The predicted molar refractivity (Wildman–Crippen MR) is 256 cm³/mol. The Kier molecular flexibility index (Phi) is 47.3. The molecule has 0 aromatic carbocycles. The summed E-state index contributed by atoms with van der Waals surface area (Å²) in [5.41, 5.74) is 0. The summed E-state index contributed by atoms with van der Waals surface area (Å²) in [7, 11) is 0. The maximum Gasteiger partial charge on any atom is 0.306 e. The molecular weight excluding hydrogens is 745 g/mol. The number of carbonyl (C=O) groups is 3. The summed E-state index contributed by atoms with van der Waals surface area (Å²) in [6.07, 6.45) is 57.3. The highest BCUT2D eigenvalue weighted by Crippen LogP contribution is 2.16. The van der Waals surface area contributed by atoms with E-state index in [1.54, 1.807) is 0 Å². The van der Waals surface area contributed by atoms with Gasteiger partial charge in [0.25, 0.3) is 0 Å². The summed E-state index contributed by atoms with van der Waals surface area (Å²) in [5.74, 6) is -0.893. The molecule has 0 radical (unpaired) electrons. The molecular formula is C54H98O6. The van der Waals surface area contributed by atoms with Gasteiger partial charge in [-0.3, -0.25) is 14.4 Å². The maximum atomic E-state index is 12.7. The summed E-state index contributed by atoms with van der Waals surface area (Å²) in [6, 6.07) is 0. The molecule has 0 N–H and O–H groups in total. The number of hydrogen-bond acceptors (Lipinski definition) is 6. The topological polar surface area (TPSA) is 78.9 Å². The largest absolute Gasteiger partial charge is 0.462 e. The minimum atomic E-state index is -0.774. The highest BCUT2D eigenvalue weighted by Gasteiger charge is 2.19. The third-order valence-corrected chi connectivity index (χ3v) is 11.4. The Hall–Kier alpha value is -2.37. The summed E-state index contributed by atoms with van der Waals surface area (Å²) >= 11 is 0. The van der Waals surface area contributed by atoms with Gasteiger partial charge in [0.05, 0.1) is 0 Å². The van der Waals surface area contributed by atoms with Crippen molar-refractivity contribution in [3.05, 3.63) is 36.5 Å². The van der Waals surface area contributed by atoms with Crippen molar-refractivity contribution in [1.29, 1.82) is 0 Å². The SMILES string of the molecule is CC/C=C\C/C=C\C/C=C\CCCCCCCC(=O)OC(COC(=O)CCCCCCCC)COC(=O)CCCCCCCCCCCCCCCCCCCCCCC. The first-order chi connectivity index (χ1) is 29.5. The molecule has 0 aliphatic rings. The van der Waals surface area contributed by atoms with Crippen LogP contribution in [0.4, 0.5) is 0 Å². The van der Waals surface area contributed by atoms with Crippen LogP contribution in [-0.4, -0.2) is 37.2 Å². The molecule has 6 heteroatoms. The van der Waals surface area contributed by atoms with Gasteiger partial charge >= 0.3 is 17.9 Å². The Morgan fingerprint density at radius 1 is 0.350 bits per heavy atom. The van der Waals surface area contributed by atoms with Crippen LogP contribution >= 0.6 is 0 Å². The van der Waals surface area contributed by atoms with Crippen molar-refractivity contribution in [2.75, 3.05) is 13.2 Å². The van der Waals surface area contributed by atoms with Crippen LogP contribution in [0.15, 0.2) is 36.5 Å². The minimum absolute atomic E-state index is 0.0761. The lowest BCUT2D eigenvalue weighted by Gasteiger charge is -2.18. The molecule has 0 amide bonds. The monoisotopic (exact) mass is 843 g/mol. The average Bonchev–Trinajstić information content (AvgIpc) is 3.24. The normalized spacial score (nSPS) is 12.2. The van der Waals surface area contributed by atoms with E-state index in [0.717, 1.165) is 96.3 Å². The van der Waals surface area contributed by atoms with Gasteiger partial charge in [0, 0.05) is 19.3 Å². The number of carbonyl (C=O) groups excluding carboxylic acids is 3. The van der Waals surface area contributed by atoms with Gasteiger partial charge in [-0.15, -0.1) is 0 Å². The van der Waals surface area contributed by atoms with E-state index in [1.807, 2.05) is 0 Å². The van der Waals surface area contributed by atoms with E-state index in [2.05, 4.69) is 57.2 Å². The fourth-order valence-corrected chi connectivity index (χ4v) is 7.52. The lowest BCUT2D eigenvalue weighted by Crippen LogP contribution is -2.30. The molecule has 1 atom stereocenters. The molecule has 0 aromatic rings. The van der Waals surface area contributed by atoms with E-state index in [4.69, 9.17) is 14.2 Å². The fourth-order valence-electron chi connectivity index (χ4n) is 7.52. The van der Waals surface area contributed by atoms with Crippen LogP contribution in [0.2, 0.25) is 0 Å². The quantitative estimate of drug-likeness (QED) is 0.0263. The molecule has 0 aliphatic heterocycles. The molecule has 0 bridgehead atoms. The van der Waals surface area contributed by atoms with Crippen molar-refractivity contribution in [3.8, 4) is 0 Å². The second kappa shape index (κ2) is 49.3. The molecule has 60 heavy (non-hydrogen) atoms. The predicted octanol–water partition coefficient (Wildman–Crippen LogP) is 16.9. The first kappa shape index (κ1) is 57.6. The Bertz CT molecular complexity index is 1020. The van der Waals surface area contributed by atoms with Gasteiger partial charge in [-0.1, -0.05) is 237 Å². The van der Waals surface area contributed by atoms with Crippen LogP contribution in [0.3, 0.4) is 0 Å². The average molecular weight is 843 g/mol. The lowest BCUT2D eigenvalue weighted by molar-refractivity contribution is -0.167. The molecule has 6 nitrogen and oxygen atoms in total. The van der Waals surface area contributed by atoms with Crippen LogP contribution in [0.1, 0.15) is 271 Å². The molecule has 0 saturated carbocycles. The highest BCUT2D eigenvalue weighted by molar-refractivity contribution is 5.71. The third-order valence-electron chi connectivity index (χ3n) is 11.4. The van der Waals surface area contributed by atoms with Gasteiger partial charge in [-0.25, -0.2) is 0 Å². The van der Waals surface area contributed by atoms with Gasteiger partial charge in [0.1, 0.15) is 13.2 Å². The Morgan fingerprint density at radius 3 is 1.02 bits per heavy atom. The Balaban J connectivity index is 4.15. The standard InChI is InChI=1S/C54H98O6/c1-4-7-10-13-16-18-20-22-24-25-26-27-28-29-31-32-34-36-38-41-44-47-53(56)59-50-51(49-58-52(55)46-43-40-15-12-9-6-3)60-54(57)48-45-42-39-37-35-33-30-23-21-19-17-14-11-8-5-2/h8,11,17,19,23,30,51H,4-7,9-10,12-16,18,20-22,24-29,31-50H2,1-3H3/b11-8-,19-17-,30-23-. The first-order valence-corrected chi connectivity index (χ1v) is 26.0. The molecule has 0 saturated heterocycles. The zero-order valence-electron chi connectivity index (χ0n) is 40.0. The first-order valence-electron chi connectivity index (χ1n) is 26.0. The second-order valence-electron chi connectivity index (χ2n) is 17.4. The Labute approximate surface area is 372 Å². The second-order valence-corrected chi connectivity index (χ2v) is 17.4. The van der Waals surface area contributed by atoms with Crippen LogP contribution in [0.5, 0.6) is 0 Å². The molecule has 0 rings (SSSR count).